The molecule has 0 aromatic carbocycles. The van der Waals surface area contributed by atoms with Crippen LogP contribution in [0.4, 0.5) is 0 Å². The Hall–Kier alpha value is -0.600. The SMILES string of the molecule is CC(C)=CCC/C(C)=C/CNCCNC1C2CCCC3(C2)CC13. The fourth-order valence-corrected chi connectivity index (χ4v) is 5.16. The van der Waals surface area contributed by atoms with E-state index in [-0.39, 0.29) is 0 Å². The fraction of sp³-hybridized carbons (Fsp3) is 0.810. The van der Waals surface area contributed by atoms with Crippen LogP contribution in [-0.2, 0) is 0 Å². The van der Waals surface area contributed by atoms with Gasteiger partial charge < -0.3 is 10.6 Å². The Morgan fingerprint density at radius 2 is 2.00 bits per heavy atom. The summed E-state index contributed by atoms with van der Waals surface area (Å²) >= 11 is 0. The molecule has 130 valence electrons. The molecule has 3 rings (SSSR count). The molecule has 0 heterocycles. The monoisotopic (exact) mass is 316 g/mol. The molecule has 2 heteroatoms. The van der Waals surface area contributed by atoms with Crippen LogP contribution in [0.15, 0.2) is 23.3 Å². The van der Waals surface area contributed by atoms with E-state index in [1.807, 2.05) is 0 Å². The molecule has 0 aliphatic heterocycles. The topological polar surface area (TPSA) is 24.1 Å². The van der Waals surface area contributed by atoms with Crippen LogP contribution < -0.4 is 10.6 Å². The molecule has 2 nitrogen and oxygen atoms in total. The maximum absolute atomic E-state index is 3.88. The molecule has 0 aromatic rings. The van der Waals surface area contributed by atoms with Gasteiger partial charge in [-0.1, -0.05) is 29.7 Å². The lowest BCUT2D eigenvalue weighted by molar-refractivity contribution is 0.271. The average molecular weight is 317 g/mol. The summed E-state index contributed by atoms with van der Waals surface area (Å²) in [6.45, 7) is 9.86. The molecule has 3 saturated carbocycles. The number of hydrogen-bond donors (Lipinski definition) is 2. The van der Waals surface area contributed by atoms with E-state index in [0.717, 1.165) is 42.9 Å². The molecule has 3 fully saturated rings. The minimum absolute atomic E-state index is 0.819. The molecule has 0 amide bonds. The van der Waals surface area contributed by atoms with Gasteiger partial charge in [0.05, 0.1) is 0 Å². The van der Waals surface area contributed by atoms with Crippen molar-refractivity contribution in [2.45, 2.75) is 71.8 Å². The first-order chi connectivity index (χ1) is 11.1. The summed E-state index contributed by atoms with van der Waals surface area (Å²) < 4.78 is 0. The van der Waals surface area contributed by atoms with E-state index in [1.54, 1.807) is 0 Å². The van der Waals surface area contributed by atoms with E-state index >= 15 is 0 Å². The third-order valence-electron chi connectivity index (χ3n) is 6.48. The zero-order valence-corrected chi connectivity index (χ0v) is 15.5. The fourth-order valence-electron chi connectivity index (χ4n) is 5.16. The van der Waals surface area contributed by atoms with Gasteiger partial charge in [0, 0.05) is 25.7 Å². The van der Waals surface area contributed by atoms with Crippen LogP contribution in [0.1, 0.15) is 65.7 Å². The summed E-state index contributed by atoms with van der Waals surface area (Å²) in [5.74, 6) is 2.03. The van der Waals surface area contributed by atoms with Gasteiger partial charge in [-0.3, -0.25) is 0 Å². The van der Waals surface area contributed by atoms with Gasteiger partial charge in [-0.2, -0.15) is 0 Å². The molecule has 0 aromatic heterocycles. The summed E-state index contributed by atoms with van der Waals surface area (Å²) in [5.41, 5.74) is 3.75. The van der Waals surface area contributed by atoms with Crippen LogP contribution in [0.3, 0.4) is 0 Å². The van der Waals surface area contributed by atoms with Crippen molar-refractivity contribution in [3.8, 4) is 0 Å². The Morgan fingerprint density at radius 1 is 1.13 bits per heavy atom. The quantitative estimate of drug-likeness (QED) is 0.485. The highest BCUT2D eigenvalue weighted by atomic mass is 15.0. The second-order valence-corrected chi connectivity index (χ2v) is 8.58. The predicted octanol–water partition coefficient (Wildman–Crippen LogP) is 4.44. The van der Waals surface area contributed by atoms with Crippen LogP contribution >= 0.6 is 0 Å². The number of fused-ring (bicyclic) bond motifs is 1. The molecule has 0 radical (unpaired) electrons. The Morgan fingerprint density at radius 3 is 2.78 bits per heavy atom. The normalized spacial score (nSPS) is 35.1. The van der Waals surface area contributed by atoms with Crippen molar-refractivity contribution in [3.63, 3.8) is 0 Å². The van der Waals surface area contributed by atoms with Crippen molar-refractivity contribution in [3.05, 3.63) is 23.3 Å². The van der Waals surface area contributed by atoms with Gasteiger partial charge in [0.25, 0.3) is 0 Å². The van der Waals surface area contributed by atoms with Crippen molar-refractivity contribution >= 4 is 0 Å². The van der Waals surface area contributed by atoms with Gasteiger partial charge in [-0.25, -0.2) is 0 Å². The van der Waals surface area contributed by atoms with E-state index in [0.29, 0.717) is 0 Å². The van der Waals surface area contributed by atoms with Crippen LogP contribution in [-0.4, -0.2) is 25.7 Å². The van der Waals surface area contributed by atoms with Gasteiger partial charge in [-0.15, -0.1) is 0 Å². The summed E-state index contributed by atoms with van der Waals surface area (Å²) in [6.07, 6.45) is 14.6. The highest BCUT2D eigenvalue weighted by Crippen LogP contribution is 2.70. The summed E-state index contributed by atoms with van der Waals surface area (Å²) in [5, 5.41) is 7.45. The maximum atomic E-state index is 3.88. The van der Waals surface area contributed by atoms with Gasteiger partial charge in [-0.05, 0) is 76.5 Å². The van der Waals surface area contributed by atoms with Crippen molar-refractivity contribution in [2.75, 3.05) is 19.6 Å². The molecule has 2 bridgehead atoms. The largest absolute Gasteiger partial charge is 0.312 e. The molecule has 3 aliphatic carbocycles. The second-order valence-electron chi connectivity index (χ2n) is 8.58. The minimum atomic E-state index is 0.819. The number of rotatable bonds is 9. The standard InChI is InChI=1S/C21H36N2/c1-16(2)6-4-7-17(3)9-11-22-12-13-23-20-18-8-5-10-21(14-18)15-19(20)21/h6,9,18-20,22-23H,4-5,7-8,10-15H2,1-3H3/b17-9+. The van der Waals surface area contributed by atoms with Gasteiger partial charge in [0.15, 0.2) is 0 Å². The third-order valence-corrected chi connectivity index (χ3v) is 6.48. The number of nitrogens with one attached hydrogen (secondary N) is 2. The Labute approximate surface area is 143 Å². The van der Waals surface area contributed by atoms with Crippen LogP contribution in [0.2, 0.25) is 0 Å². The molecule has 3 aliphatic rings. The maximum Gasteiger partial charge on any atom is 0.0137 e. The number of hydrogen-bond acceptors (Lipinski definition) is 2. The second kappa shape index (κ2) is 7.53. The van der Waals surface area contributed by atoms with Gasteiger partial charge in [0.1, 0.15) is 0 Å². The summed E-state index contributed by atoms with van der Waals surface area (Å²) in [7, 11) is 0. The van der Waals surface area contributed by atoms with Crippen LogP contribution in [0.5, 0.6) is 0 Å². The minimum Gasteiger partial charge on any atom is -0.312 e. The van der Waals surface area contributed by atoms with Gasteiger partial charge >= 0.3 is 0 Å². The Kier molecular flexibility index (Phi) is 5.64. The lowest BCUT2D eigenvalue weighted by Gasteiger charge is -2.27. The highest BCUT2D eigenvalue weighted by Gasteiger charge is 2.65. The van der Waals surface area contributed by atoms with Crippen molar-refractivity contribution < 1.29 is 0 Å². The molecule has 2 N–H and O–H groups in total. The smallest absolute Gasteiger partial charge is 0.0137 e. The molecule has 4 atom stereocenters. The van der Waals surface area contributed by atoms with Gasteiger partial charge in [0.2, 0.25) is 0 Å². The first-order valence-corrected chi connectivity index (χ1v) is 9.84. The summed E-state index contributed by atoms with van der Waals surface area (Å²) in [4.78, 5) is 0. The first kappa shape index (κ1) is 17.2. The van der Waals surface area contributed by atoms with E-state index in [1.165, 1.54) is 56.1 Å². The zero-order chi connectivity index (χ0) is 16.3. The van der Waals surface area contributed by atoms with E-state index in [9.17, 15) is 0 Å². The number of allylic oxidation sites excluding steroid dienone is 3. The predicted molar refractivity (Wildman–Crippen MR) is 99.6 cm³/mol. The third kappa shape index (κ3) is 4.28. The van der Waals surface area contributed by atoms with Crippen molar-refractivity contribution in [1.29, 1.82) is 0 Å². The van der Waals surface area contributed by atoms with E-state index in [4.69, 9.17) is 0 Å². The molecular formula is C21H36N2. The van der Waals surface area contributed by atoms with E-state index < -0.39 is 0 Å². The van der Waals surface area contributed by atoms with Crippen LogP contribution in [0.25, 0.3) is 0 Å². The van der Waals surface area contributed by atoms with E-state index in [2.05, 4.69) is 43.6 Å². The molecule has 1 spiro atoms. The zero-order valence-electron chi connectivity index (χ0n) is 15.5. The Balaban J connectivity index is 1.26. The molecular weight excluding hydrogens is 280 g/mol. The van der Waals surface area contributed by atoms with Crippen LogP contribution in [0, 0.1) is 17.3 Å². The van der Waals surface area contributed by atoms with Crippen molar-refractivity contribution in [1.82, 2.24) is 10.6 Å². The summed E-state index contributed by atoms with van der Waals surface area (Å²) in [6, 6.07) is 0.848. The lowest BCUT2D eigenvalue weighted by Crippen LogP contribution is -2.39. The highest BCUT2D eigenvalue weighted by molar-refractivity contribution is 5.17. The molecule has 4 unspecified atom stereocenters. The van der Waals surface area contributed by atoms with Crippen molar-refractivity contribution in [2.24, 2.45) is 17.3 Å². The molecule has 0 saturated heterocycles. The lowest BCUT2D eigenvalue weighted by atomic mass is 9.82. The molecule has 23 heavy (non-hydrogen) atoms. The Bertz CT molecular complexity index is 456. The first-order valence-electron chi connectivity index (χ1n) is 9.84. The average Bonchev–Trinajstić information content (AvgIpc) is 3.13.